The van der Waals surface area contributed by atoms with E-state index in [1.54, 1.807) is 3.33 Å². The quantitative estimate of drug-likeness (QED) is 0.381. The van der Waals surface area contributed by atoms with Crippen LogP contribution in [0.2, 0.25) is 4.68 Å². The first-order chi connectivity index (χ1) is 3.43. The van der Waals surface area contributed by atoms with Gasteiger partial charge >= 0.3 is 55.6 Å². The van der Waals surface area contributed by atoms with Gasteiger partial charge in [-0.25, -0.2) is 0 Å². The molecule has 0 aromatic rings. The van der Waals surface area contributed by atoms with Gasteiger partial charge in [0.1, 0.15) is 0 Å². The van der Waals surface area contributed by atoms with Gasteiger partial charge in [-0.05, 0) is 0 Å². The minimum absolute atomic E-state index is 0. The Morgan fingerprint density at radius 3 is 2.33 bits per heavy atom. The monoisotopic (exact) mass is 418 g/mol. The Hall–Kier alpha value is 1.31. The van der Waals surface area contributed by atoms with E-state index in [1.807, 2.05) is 0 Å². The summed E-state index contributed by atoms with van der Waals surface area (Å²) in [5.74, 6) is 0. The molecular formula is C6H8Br2Hf. The normalized spacial score (nSPS) is 12.8. The van der Waals surface area contributed by atoms with Gasteiger partial charge in [0, 0.05) is 0 Å². The zero-order valence-corrected chi connectivity index (χ0v) is 12.0. The van der Waals surface area contributed by atoms with E-state index in [0.29, 0.717) is 0 Å². The number of allylic oxidation sites excluding steroid dienone is 4. The minimum atomic E-state index is -0.221. The molecule has 0 unspecified atom stereocenters. The molecule has 0 radical (unpaired) electrons. The molecule has 0 aromatic carbocycles. The van der Waals surface area contributed by atoms with Crippen LogP contribution < -0.4 is 34.0 Å². The van der Waals surface area contributed by atoms with Crippen molar-refractivity contribution in [1.29, 1.82) is 0 Å². The Labute approximate surface area is 88.7 Å². The molecule has 0 aliphatic heterocycles. The molecule has 0 atom stereocenters. The molecule has 1 aliphatic rings. The second-order valence-electron chi connectivity index (χ2n) is 1.57. The van der Waals surface area contributed by atoms with Crippen molar-refractivity contribution in [3.8, 4) is 0 Å². The number of hydrogen-bond acceptors (Lipinski definition) is 0. The third kappa shape index (κ3) is 4.68. The molecule has 1 aliphatic carbocycles. The van der Waals surface area contributed by atoms with Gasteiger partial charge in [0.15, 0.2) is 0 Å². The fraction of sp³-hybridized carbons (Fsp3) is 0.333. The topological polar surface area (TPSA) is 0 Å². The molecule has 0 nitrogen and oxygen atoms in total. The van der Waals surface area contributed by atoms with Crippen LogP contribution in [0.4, 0.5) is 0 Å². The maximum atomic E-state index is 2.39. The van der Waals surface area contributed by atoms with Crippen molar-refractivity contribution in [2.45, 2.75) is 11.1 Å². The van der Waals surface area contributed by atoms with E-state index in [2.05, 4.69) is 22.9 Å². The van der Waals surface area contributed by atoms with Crippen LogP contribution in [-0.2, 0) is 22.9 Å². The van der Waals surface area contributed by atoms with E-state index >= 15 is 0 Å². The summed E-state index contributed by atoms with van der Waals surface area (Å²) in [5, 5.41) is 0. The molecule has 0 N–H and O–H groups in total. The third-order valence-corrected chi connectivity index (χ3v) is 4.73. The van der Waals surface area contributed by atoms with Crippen molar-refractivity contribution in [2.75, 3.05) is 0 Å². The molecule has 0 amide bonds. The summed E-state index contributed by atoms with van der Waals surface area (Å²) in [6.45, 7) is 0. The predicted octanol–water partition coefficient (Wildman–Crippen LogP) is -4.03. The van der Waals surface area contributed by atoms with E-state index in [9.17, 15) is 0 Å². The number of halogens is 2. The zero-order valence-electron chi connectivity index (χ0n) is 5.20. The van der Waals surface area contributed by atoms with Crippen molar-refractivity contribution in [2.24, 2.45) is 0 Å². The van der Waals surface area contributed by atoms with Gasteiger partial charge in [-0.1, -0.05) is 0 Å². The summed E-state index contributed by atoms with van der Waals surface area (Å²) in [4.78, 5) is 0. The van der Waals surface area contributed by atoms with Gasteiger partial charge in [0.2, 0.25) is 0 Å². The van der Waals surface area contributed by atoms with Crippen LogP contribution in [0, 0.1) is 0 Å². The summed E-state index contributed by atoms with van der Waals surface area (Å²) < 4.78 is 4.14. The number of rotatable bonds is 1. The number of hydrogen-bond donors (Lipinski definition) is 0. The van der Waals surface area contributed by atoms with Gasteiger partial charge in [-0.15, -0.1) is 0 Å². The summed E-state index contributed by atoms with van der Waals surface area (Å²) in [6.07, 6.45) is 7.97. The van der Waals surface area contributed by atoms with Crippen LogP contribution in [0.15, 0.2) is 21.6 Å². The SMILES string of the molecule is [Br-].[Br-].[CH3][Hf+2][C]1=CC=CC1. The second-order valence-corrected chi connectivity index (χ2v) is 5.68. The molecule has 0 bridgehead atoms. The molecule has 0 saturated heterocycles. The van der Waals surface area contributed by atoms with Crippen LogP contribution in [0.1, 0.15) is 6.42 Å². The molecule has 1 rings (SSSR count). The first kappa shape index (κ1) is 12.9. The summed E-state index contributed by atoms with van der Waals surface area (Å²) >= 11 is -0.221. The zero-order chi connectivity index (χ0) is 5.11. The van der Waals surface area contributed by atoms with Crippen LogP contribution in [-0.4, -0.2) is 0 Å². The molecule has 3 heteroatoms. The predicted molar refractivity (Wildman–Crippen MR) is 27.7 cm³/mol. The molecule has 9 heavy (non-hydrogen) atoms. The third-order valence-electron chi connectivity index (χ3n) is 1.09. The first-order valence-electron chi connectivity index (χ1n) is 2.47. The summed E-state index contributed by atoms with van der Waals surface area (Å²) in [7, 11) is 0. The Bertz CT molecular complexity index is 118. The van der Waals surface area contributed by atoms with E-state index in [4.69, 9.17) is 0 Å². The molecule has 0 fully saturated rings. The van der Waals surface area contributed by atoms with Crippen LogP contribution in [0.25, 0.3) is 0 Å². The second kappa shape index (κ2) is 7.42. The van der Waals surface area contributed by atoms with E-state index < -0.39 is 0 Å². The summed E-state index contributed by atoms with van der Waals surface area (Å²) in [5.41, 5.74) is 0. The van der Waals surface area contributed by atoms with Crippen molar-refractivity contribution in [1.82, 2.24) is 0 Å². The van der Waals surface area contributed by atoms with E-state index in [1.165, 1.54) is 6.42 Å². The van der Waals surface area contributed by atoms with Crippen LogP contribution >= 0.6 is 0 Å². The van der Waals surface area contributed by atoms with Crippen molar-refractivity contribution in [3.63, 3.8) is 0 Å². The van der Waals surface area contributed by atoms with Gasteiger partial charge < -0.3 is 34.0 Å². The van der Waals surface area contributed by atoms with Gasteiger partial charge in [-0.2, -0.15) is 0 Å². The first-order valence-corrected chi connectivity index (χ1v) is 7.86. The molecular weight excluding hydrogens is 410 g/mol. The Balaban J connectivity index is 0. The van der Waals surface area contributed by atoms with E-state index in [0.717, 1.165) is 0 Å². The molecule has 0 heterocycles. The van der Waals surface area contributed by atoms with Gasteiger partial charge in [0.05, 0.1) is 0 Å². The Morgan fingerprint density at radius 2 is 2.11 bits per heavy atom. The standard InChI is InChI=1S/C5H5.CH3.2BrH.Hf/c1-2-4-5-3-1;;;;/h1-3H,4H2;1H3;2*1H;/q;;;;+2/p-2. The fourth-order valence-electron chi connectivity index (χ4n) is 0.633. The molecule has 0 aromatic heterocycles. The fourth-order valence-corrected chi connectivity index (χ4v) is 2.73. The van der Waals surface area contributed by atoms with Crippen LogP contribution in [0.5, 0.6) is 0 Å². The summed E-state index contributed by atoms with van der Waals surface area (Å²) in [6, 6.07) is 0. The van der Waals surface area contributed by atoms with Crippen molar-refractivity contribution in [3.05, 3.63) is 21.6 Å². The molecule has 50 valence electrons. The molecule has 0 saturated carbocycles. The van der Waals surface area contributed by atoms with Crippen molar-refractivity contribution < 1.29 is 56.9 Å². The average Bonchev–Trinajstić information content (AvgIpc) is 2.14. The van der Waals surface area contributed by atoms with Crippen LogP contribution in [0.3, 0.4) is 0 Å². The van der Waals surface area contributed by atoms with Gasteiger partial charge in [0.25, 0.3) is 0 Å². The van der Waals surface area contributed by atoms with E-state index in [-0.39, 0.29) is 56.9 Å². The van der Waals surface area contributed by atoms with Gasteiger partial charge in [-0.3, -0.25) is 0 Å². The Kier molecular flexibility index (Phi) is 10.7. The molecule has 0 spiro atoms. The maximum absolute atomic E-state index is 2.39. The Morgan fingerprint density at radius 1 is 1.44 bits per heavy atom. The average molecular weight is 418 g/mol. The van der Waals surface area contributed by atoms with Crippen molar-refractivity contribution >= 4 is 0 Å².